The van der Waals surface area contributed by atoms with Crippen molar-refractivity contribution in [3.63, 3.8) is 0 Å². The Morgan fingerprint density at radius 2 is 1.76 bits per heavy atom. The maximum atomic E-state index is 13.7. The topological polar surface area (TPSA) is 20.2 Å². The highest BCUT2D eigenvalue weighted by molar-refractivity contribution is 6.30. The number of hydrogen-bond donors (Lipinski definition) is 1. The molecule has 3 heteroatoms. The smallest absolute Gasteiger partial charge is 0.127 e. The average molecular weight is 259 g/mol. The summed E-state index contributed by atoms with van der Waals surface area (Å²) in [6.45, 7) is 7.81. The first kappa shape index (κ1) is 14.5. The monoisotopic (exact) mass is 258 g/mol. The van der Waals surface area contributed by atoms with Crippen LogP contribution in [0.4, 0.5) is 4.39 Å². The summed E-state index contributed by atoms with van der Waals surface area (Å²) in [5, 5.41) is 11.0. The van der Waals surface area contributed by atoms with Crippen molar-refractivity contribution >= 4 is 11.6 Å². The van der Waals surface area contributed by atoms with Crippen LogP contribution in [-0.4, -0.2) is 10.7 Å². The lowest BCUT2D eigenvalue weighted by Crippen LogP contribution is -2.43. The molecular weight excluding hydrogens is 239 g/mol. The van der Waals surface area contributed by atoms with E-state index in [1.165, 1.54) is 6.07 Å². The van der Waals surface area contributed by atoms with E-state index >= 15 is 0 Å². The van der Waals surface area contributed by atoms with E-state index < -0.39 is 5.60 Å². The average Bonchev–Trinajstić information content (AvgIpc) is 2.21. The number of halogens is 2. The standard InChI is InChI=1S/C14H20ClFO/c1-9(2)14(17,10(3)4)8-11-5-6-12(15)7-13(11)16/h5-7,9-10,17H,8H2,1-4H3. The van der Waals surface area contributed by atoms with Gasteiger partial charge in [0.05, 0.1) is 5.60 Å². The molecule has 0 unspecified atom stereocenters. The van der Waals surface area contributed by atoms with E-state index in [-0.39, 0.29) is 17.7 Å². The van der Waals surface area contributed by atoms with Gasteiger partial charge in [-0.3, -0.25) is 0 Å². The Kier molecular flexibility index (Phi) is 4.56. The Hall–Kier alpha value is -0.600. The van der Waals surface area contributed by atoms with Crippen LogP contribution >= 0.6 is 11.6 Å². The van der Waals surface area contributed by atoms with Gasteiger partial charge in [0.2, 0.25) is 0 Å². The molecule has 0 saturated carbocycles. The molecule has 0 aliphatic carbocycles. The van der Waals surface area contributed by atoms with Crippen LogP contribution in [0.5, 0.6) is 0 Å². The van der Waals surface area contributed by atoms with Crippen molar-refractivity contribution in [1.82, 2.24) is 0 Å². The molecule has 0 saturated heterocycles. The molecule has 0 aliphatic rings. The second kappa shape index (κ2) is 5.36. The zero-order valence-corrected chi connectivity index (χ0v) is 11.6. The van der Waals surface area contributed by atoms with Crippen molar-refractivity contribution in [3.05, 3.63) is 34.6 Å². The summed E-state index contributed by atoms with van der Waals surface area (Å²) in [6, 6.07) is 4.59. The van der Waals surface area contributed by atoms with Gasteiger partial charge in [-0.05, 0) is 29.5 Å². The molecule has 0 atom stereocenters. The van der Waals surface area contributed by atoms with E-state index in [2.05, 4.69) is 0 Å². The first-order valence-corrected chi connectivity index (χ1v) is 6.31. The minimum Gasteiger partial charge on any atom is -0.389 e. The minimum atomic E-state index is -0.894. The maximum absolute atomic E-state index is 13.7. The predicted octanol–water partition coefficient (Wildman–Crippen LogP) is 4.06. The fourth-order valence-corrected chi connectivity index (χ4v) is 2.20. The molecular formula is C14H20ClFO. The second-order valence-electron chi connectivity index (χ2n) is 5.21. The number of hydrogen-bond acceptors (Lipinski definition) is 1. The lowest BCUT2D eigenvalue weighted by Gasteiger charge is -2.36. The quantitative estimate of drug-likeness (QED) is 0.863. The van der Waals surface area contributed by atoms with Gasteiger partial charge >= 0.3 is 0 Å². The Morgan fingerprint density at radius 3 is 2.18 bits per heavy atom. The van der Waals surface area contributed by atoms with Gasteiger partial charge in [0, 0.05) is 11.4 Å². The second-order valence-corrected chi connectivity index (χ2v) is 5.65. The van der Waals surface area contributed by atoms with Crippen LogP contribution in [0, 0.1) is 17.7 Å². The third kappa shape index (κ3) is 3.20. The van der Waals surface area contributed by atoms with E-state index in [1.54, 1.807) is 12.1 Å². The van der Waals surface area contributed by atoms with Crippen molar-refractivity contribution in [2.24, 2.45) is 11.8 Å². The van der Waals surface area contributed by atoms with Crippen molar-refractivity contribution in [3.8, 4) is 0 Å². The Bertz CT molecular complexity index is 380. The summed E-state index contributed by atoms with van der Waals surface area (Å²) in [5.74, 6) is -0.215. The molecule has 0 aliphatic heterocycles. The maximum Gasteiger partial charge on any atom is 0.127 e. The number of aliphatic hydroxyl groups is 1. The largest absolute Gasteiger partial charge is 0.389 e. The van der Waals surface area contributed by atoms with Gasteiger partial charge in [0.1, 0.15) is 5.82 Å². The first-order chi connectivity index (χ1) is 7.77. The zero-order valence-electron chi connectivity index (χ0n) is 10.8. The van der Waals surface area contributed by atoms with E-state index in [9.17, 15) is 9.50 Å². The summed E-state index contributed by atoms with van der Waals surface area (Å²) < 4.78 is 13.7. The summed E-state index contributed by atoms with van der Waals surface area (Å²) in [6.07, 6.45) is 0.311. The SMILES string of the molecule is CC(C)C(O)(Cc1ccc(Cl)cc1F)C(C)C. The van der Waals surface area contributed by atoms with Gasteiger partial charge in [0.25, 0.3) is 0 Å². The molecule has 1 nitrogen and oxygen atoms in total. The van der Waals surface area contributed by atoms with Gasteiger partial charge in [-0.1, -0.05) is 45.4 Å². The molecule has 0 aromatic heterocycles. The van der Waals surface area contributed by atoms with E-state index in [0.717, 1.165) is 0 Å². The normalized spacial score (nSPS) is 12.5. The third-order valence-corrected chi connectivity index (χ3v) is 3.72. The molecule has 1 aromatic rings. The molecule has 0 radical (unpaired) electrons. The lowest BCUT2D eigenvalue weighted by molar-refractivity contribution is -0.0467. The van der Waals surface area contributed by atoms with Crippen molar-refractivity contribution in [2.75, 3.05) is 0 Å². The summed E-state index contributed by atoms with van der Waals surface area (Å²) in [5.41, 5.74) is -0.381. The highest BCUT2D eigenvalue weighted by Crippen LogP contribution is 2.31. The predicted molar refractivity (Wildman–Crippen MR) is 69.7 cm³/mol. The van der Waals surface area contributed by atoms with Crippen molar-refractivity contribution in [2.45, 2.75) is 39.7 Å². The van der Waals surface area contributed by atoms with Crippen molar-refractivity contribution in [1.29, 1.82) is 0 Å². The van der Waals surface area contributed by atoms with Gasteiger partial charge in [-0.25, -0.2) is 4.39 Å². The van der Waals surface area contributed by atoms with Gasteiger partial charge in [-0.2, -0.15) is 0 Å². The van der Waals surface area contributed by atoms with Crippen LogP contribution in [0.25, 0.3) is 0 Å². The highest BCUT2D eigenvalue weighted by atomic mass is 35.5. The summed E-state index contributed by atoms with van der Waals surface area (Å²) in [4.78, 5) is 0. The van der Waals surface area contributed by atoms with Crippen LogP contribution in [0.3, 0.4) is 0 Å². The van der Waals surface area contributed by atoms with Gasteiger partial charge in [0.15, 0.2) is 0 Å². The molecule has 0 heterocycles. The number of benzene rings is 1. The van der Waals surface area contributed by atoms with E-state index in [1.807, 2.05) is 27.7 Å². The Labute approximate surface area is 108 Å². The third-order valence-electron chi connectivity index (χ3n) is 3.49. The van der Waals surface area contributed by atoms with E-state index in [4.69, 9.17) is 11.6 Å². The highest BCUT2D eigenvalue weighted by Gasteiger charge is 2.35. The molecule has 0 bridgehead atoms. The zero-order chi connectivity index (χ0) is 13.2. The molecule has 1 rings (SSSR count). The summed E-state index contributed by atoms with van der Waals surface area (Å²) in [7, 11) is 0. The lowest BCUT2D eigenvalue weighted by atomic mass is 9.76. The molecule has 1 N–H and O–H groups in total. The van der Waals surface area contributed by atoms with Crippen molar-refractivity contribution < 1.29 is 9.50 Å². The Morgan fingerprint density at radius 1 is 1.24 bits per heavy atom. The summed E-state index contributed by atoms with van der Waals surface area (Å²) >= 11 is 5.71. The number of rotatable bonds is 4. The van der Waals surface area contributed by atoms with Crippen LogP contribution in [-0.2, 0) is 6.42 Å². The van der Waals surface area contributed by atoms with Gasteiger partial charge < -0.3 is 5.11 Å². The van der Waals surface area contributed by atoms with Gasteiger partial charge in [-0.15, -0.1) is 0 Å². The molecule has 1 aromatic carbocycles. The molecule has 0 spiro atoms. The molecule has 0 amide bonds. The van der Waals surface area contributed by atoms with E-state index in [0.29, 0.717) is 17.0 Å². The molecule has 96 valence electrons. The minimum absolute atomic E-state index is 0.0672. The van der Waals surface area contributed by atoms with Crippen LogP contribution in [0.1, 0.15) is 33.3 Å². The fourth-order valence-electron chi connectivity index (χ4n) is 2.05. The first-order valence-electron chi connectivity index (χ1n) is 5.93. The van der Waals surface area contributed by atoms with Crippen LogP contribution < -0.4 is 0 Å². The Balaban J connectivity index is 3.02. The molecule has 17 heavy (non-hydrogen) atoms. The fraction of sp³-hybridized carbons (Fsp3) is 0.571. The van der Waals surface area contributed by atoms with Crippen LogP contribution in [0.15, 0.2) is 18.2 Å². The molecule has 0 fully saturated rings. The van der Waals surface area contributed by atoms with Crippen LogP contribution in [0.2, 0.25) is 5.02 Å².